The summed E-state index contributed by atoms with van der Waals surface area (Å²) in [4.78, 5) is 20.8. The highest BCUT2D eigenvalue weighted by molar-refractivity contribution is 6.35. The predicted molar refractivity (Wildman–Crippen MR) is 120 cm³/mol. The number of aromatic amines is 1. The first-order valence-corrected chi connectivity index (χ1v) is 11.6. The van der Waals surface area contributed by atoms with Crippen LogP contribution in [0.15, 0.2) is 30.3 Å². The molecular formula is C24H22Cl2FN3O. The van der Waals surface area contributed by atoms with E-state index in [1.165, 1.54) is 25.3 Å². The molecule has 2 N–H and O–H groups in total. The number of carbonyl (C=O) groups excluding carboxylic acids is 1. The van der Waals surface area contributed by atoms with E-state index in [2.05, 4.69) is 15.3 Å². The second kappa shape index (κ2) is 6.94. The van der Waals surface area contributed by atoms with Gasteiger partial charge in [0, 0.05) is 11.1 Å². The van der Waals surface area contributed by atoms with E-state index in [9.17, 15) is 9.18 Å². The van der Waals surface area contributed by atoms with Crippen LogP contribution in [0.25, 0.3) is 22.4 Å². The van der Waals surface area contributed by atoms with E-state index in [0.717, 1.165) is 37.0 Å². The summed E-state index contributed by atoms with van der Waals surface area (Å²) in [5, 5.41) is 3.99. The highest BCUT2D eigenvalue weighted by atomic mass is 35.5. The zero-order valence-electron chi connectivity index (χ0n) is 16.9. The summed E-state index contributed by atoms with van der Waals surface area (Å²) in [6.45, 7) is 0. The van der Waals surface area contributed by atoms with E-state index in [-0.39, 0.29) is 22.0 Å². The zero-order chi connectivity index (χ0) is 21.3. The van der Waals surface area contributed by atoms with Crippen molar-refractivity contribution >= 4 is 40.1 Å². The number of hydrogen-bond donors (Lipinski definition) is 2. The maximum atomic E-state index is 14.3. The number of amides is 1. The zero-order valence-corrected chi connectivity index (χ0v) is 18.4. The Morgan fingerprint density at radius 2 is 1.74 bits per heavy atom. The summed E-state index contributed by atoms with van der Waals surface area (Å²) in [7, 11) is 0. The van der Waals surface area contributed by atoms with E-state index in [1.807, 2.05) is 0 Å². The van der Waals surface area contributed by atoms with Crippen molar-refractivity contribution in [2.24, 2.45) is 17.8 Å². The van der Waals surface area contributed by atoms with Crippen molar-refractivity contribution in [3.05, 3.63) is 51.8 Å². The minimum Gasteiger partial charge on any atom is -0.347 e. The van der Waals surface area contributed by atoms with Gasteiger partial charge < -0.3 is 10.3 Å². The van der Waals surface area contributed by atoms with Crippen LogP contribution in [-0.2, 0) is 0 Å². The van der Waals surface area contributed by atoms with E-state index in [0.29, 0.717) is 27.4 Å². The van der Waals surface area contributed by atoms with Gasteiger partial charge in [-0.1, -0.05) is 29.3 Å². The van der Waals surface area contributed by atoms with Crippen LogP contribution >= 0.6 is 23.2 Å². The number of H-pyrrole nitrogens is 1. The standard InChI is InChI=1S/C24H22Cl2FN3O/c25-16-2-1-3-18(27)20(16)22-28-19-8-15(7-17(26)21(19)29-22)23(31)30-24-9-12-4-13(10-24)6-14(5-12)11-24/h1-3,7-8,12-14H,4-6,9-11H2,(H,28,29)(H,30,31). The van der Waals surface area contributed by atoms with Crippen molar-refractivity contribution in [1.29, 1.82) is 0 Å². The molecule has 0 radical (unpaired) electrons. The number of aromatic nitrogens is 2. The molecule has 4 aliphatic carbocycles. The Kier molecular flexibility index (Phi) is 4.38. The fourth-order valence-corrected chi connectivity index (χ4v) is 7.14. The molecule has 1 amide bonds. The van der Waals surface area contributed by atoms with Gasteiger partial charge in [0.1, 0.15) is 17.2 Å². The Balaban J connectivity index is 1.33. The second-order valence-corrected chi connectivity index (χ2v) is 10.5. The van der Waals surface area contributed by atoms with Gasteiger partial charge in [-0.25, -0.2) is 9.37 Å². The molecule has 4 aliphatic rings. The first-order chi connectivity index (χ1) is 14.9. The van der Waals surface area contributed by atoms with Crippen molar-refractivity contribution in [2.45, 2.75) is 44.1 Å². The van der Waals surface area contributed by atoms with Crippen LogP contribution in [0.3, 0.4) is 0 Å². The Bertz CT molecular complexity index is 1170. The van der Waals surface area contributed by atoms with E-state index < -0.39 is 5.82 Å². The summed E-state index contributed by atoms with van der Waals surface area (Å²) < 4.78 is 14.3. The van der Waals surface area contributed by atoms with Gasteiger partial charge in [-0.3, -0.25) is 4.79 Å². The molecule has 0 atom stereocenters. The number of benzene rings is 2. The molecule has 31 heavy (non-hydrogen) atoms. The number of halogens is 3. The fraction of sp³-hybridized carbons (Fsp3) is 0.417. The topological polar surface area (TPSA) is 57.8 Å². The first-order valence-electron chi connectivity index (χ1n) is 10.9. The van der Waals surface area contributed by atoms with Gasteiger partial charge in [-0.15, -0.1) is 0 Å². The van der Waals surface area contributed by atoms with Crippen LogP contribution in [0.2, 0.25) is 10.0 Å². The van der Waals surface area contributed by atoms with Gasteiger partial charge in [-0.2, -0.15) is 0 Å². The molecular weight excluding hydrogens is 436 g/mol. The van der Waals surface area contributed by atoms with Gasteiger partial charge >= 0.3 is 0 Å². The van der Waals surface area contributed by atoms with Crippen molar-refractivity contribution in [3.8, 4) is 11.4 Å². The molecule has 1 aromatic heterocycles. The van der Waals surface area contributed by atoms with Crippen LogP contribution in [0.5, 0.6) is 0 Å². The molecule has 0 unspecified atom stereocenters. The molecule has 0 aliphatic heterocycles. The molecule has 2 aromatic carbocycles. The number of nitrogens with one attached hydrogen (secondary N) is 2. The first kappa shape index (κ1) is 19.6. The minimum atomic E-state index is -0.470. The fourth-order valence-electron chi connectivity index (χ4n) is 6.63. The quantitative estimate of drug-likeness (QED) is 0.479. The number of hydrogen-bond acceptors (Lipinski definition) is 2. The highest BCUT2D eigenvalue weighted by Gasteiger charge is 2.51. The molecule has 7 heteroatoms. The monoisotopic (exact) mass is 457 g/mol. The number of nitrogens with zero attached hydrogens (tertiary/aromatic N) is 1. The summed E-state index contributed by atoms with van der Waals surface area (Å²) >= 11 is 12.7. The lowest BCUT2D eigenvalue weighted by atomic mass is 9.53. The Morgan fingerprint density at radius 3 is 2.39 bits per heavy atom. The van der Waals surface area contributed by atoms with Gasteiger partial charge in [0.2, 0.25) is 0 Å². The smallest absolute Gasteiger partial charge is 0.251 e. The lowest BCUT2D eigenvalue weighted by molar-refractivity contribution is -0.0167. The third-order valence-corrected chi connectivity index (χ3v) is 8.02. The maximum absolute atomic E-state index is 14.3. The molecule has 4 nitrogen and oxygen atoms in total. The molecule has 160 valence electrons. The van der Waals surface area contributed by atoms with Crippen LogP contribution in [0, 0.1) is 23.6 Å². The highest BCUT2D eigenvalue weighted by Crippen LogP contribution is 2.55. The molecule has 4 fully saturated rings. The van der Waals surface area contributed by atoms with Crippen molar-refractivity contribution < 1.29 is 9.18 Å². The normalized spacial score (nSPS) is 28.9. The number of imidazole rings is 1. The average molecular weight is 458 g/mol. The molecule has 7 rings (SSSR count). The van der Waals surface area contributed by atoms with Gasteiger partial charge in [0.05, 0.1) is 21.1 Å². The molecule has 4 bridgehead atoms. The number of rotatable bonds is 3. The summed E-state index contributed by atoms with van der Waals surface area (Å²) in [5.74, 6) is 1.96. The predicted octanol–water partition coefficient (Wildman–Crippen LogP) is 6.37. The minimum absolute atomic E-state index is 0.0763. The second-order valence-electron chi connectivity index (χ2n) is 9.69. The summed E-state index contributed by atoms with van der Waals surface area (Å²) in [6, 6.07) is 7.87. The third kappa shape index (κ3) is 3.25. The van der Waals surface area contributed by atoms with Gasteiger partial charge in [0.15, 0.2) is 0 Å². The summed E-state index contributed by atoms with van der Waals surface area (Å²) in [6.07, 6.45) is 7.22. The molecule has 1 heterocycles. The SMILES string of the molecule is O=C(NC12CC3CC(CC(C3)C1)C2)c1cc(Cl)c2nc(-c3c(F)cccc3Cl)[nH]c2c1. The molecule has 0 saturated heterocycles. The average Bonchev–Trinajstić information content (AvgIpc) is 3.10. The van der Waals surface area contributed by atoms with Crippen molar-refractivity contribution in [3.63, 3.8) is 0 Å². The van der Waals surface area contributed by atoms with Crippen molar-refractivity contribution in [2.75, 3.05) is 0 Å². The lowest BCUT2D eigenvalue weighted by Crippen LogP contribution is -2.59. The molecule has 4 saturated carbocycles. The lowest BCUT2D eigenvalue weighted by Gasteiger charge is -2.56. The van der Waals surface area contributed by atoms with Crippen LogP contribution in [-0.4, -0.2) is 21.4 Å². The van der Waals surface area contributed by atoms with Gasteiger partial charge in [0.25, 0.3) is 5.91 Å². The summed E-state index contributed by atoms with van der Waals surface area (Å²) in [5.41, 5.74) is 1.67. The Labute approximate surface area is 189 Å². The number of fused-ring (bicyclic) bond motifs is 1. The number of carbonyl (C=O) groups is 1. The molecule has 0 spiro atoms. The van der Waals surface area contributed by atoms with Crippen LogP contribution in [0.1, 0.15) is 48.9 Å². The van der Waals surface area contributed by atoms with Crippen LogP contribution < -0.4 is 5.32 Å². The van der Waals surface area contributed by atoms with E-state index >= 15 is 0 Å². The molecule has 3 aromatic rings. The Hall–Kier alpha value is -2.11. The maximum Gasteiger partial charge on any atom is 0.251 e. The van der Waals surface area contributed by atoms with Gasteiger partial charge in [-0.05, 0) is 80.5 Å². The van der Waals surface area contributed by atoms with E-state index in [4.69, 9.17) is 23.2 Å². The Morgan fingerprint density at radius 1 is 1.06 bits per heavy atom. The van der Waals surface area contributed by atoms with E-state index in [1.54, 1.807) is 24.3 Å². The third-order valence-electron chi connectivity index (χ3n) is 7.42. The van der Waals surface area contributed by atoms with Crippen molar-refractivity contribution in [1.82, 2.24) is 15.3 Å². The largest absolute Gasteiger partial charge is 0.347 e. The van der Waals surface area contributed by atoms with Crippen LogP contribution in [0.4, 0.5) is 4.39 Å².